The smallest absolute Gasteiger partial charge is 0.222 e. The Bertz CT molecular complexity index is 484. The molecule has 0 bridgehead atoms. The number of hydrogen-bond acceptors (Lipinski definition) is 4. The molecule has 1 aliphatic heterocycles. The van der Waals surface area contributed by atoms with Crippen molar-refractivity contribution in [1.82, 2.24) is 9.88 Å². The second kappa shape index (κ2) is 8.63. The lowest BCUT2D eigenvalue weighted by molar-refractivity contribution is -0.130. The van der Waals surface area contributed by atoms with Crippen LogP contribution in [0.5, 0.6) is 0 Å². The maximum atomic E-state index is 12.1. The van der Waals surface area contributed by atoms with Gasteiger partial charge in [-0.15, -0.1) is 0 Å². The van der Waals surface area contributed by atoms with Gasteiger partial charge in [0.05, 0.1) is 6.10 Å². The molecule has 2 rings (SSSR count). The molecular formula is C17H24N2O3. The highest BCUT2D eigenvalue weighted by Crippen LogP contribution is 2.16. The predicted molar refractivity (Wildman–Crippen MR) is 83.6 cm³/mol. The van der Waals surface area contributed by atoms with Crippen molar-refractivity contribution in [3.05, 3.63) is 30.1 Å². The number of carbonyl (C=O) groups excluding carboxylic acids is 2. The molecule has 120 valence electrons. The maximum absolute atomic E-state index is 12.1. The second-order valence-electron chi connectivity index (χ2n) is 5.76. The number of Topliss-reactive ketones (excluding diaryl/α,β-unsaturated/α-hetero) is 1. The fourth-order valence-corrected chi connectivity index (χ4v) is 2.58. The van der Waals surface area contributed by atoms with E-state index in [1.165, 1.54) is 12.6 Å². The van der Waals surface area contributed by atoms with Crippen molar-refractivity contribution in [2.24, 2.45) is 0 Å². The summed E-state index contributed by atoms with van der Waals surface area (Å²) in [6, 6.07) is 3.45. The average Bonchev–Trinajstić information content (AvgIpc) is 2.58. The predicted octanol–water partition coefficient (Wildman–Crippen LogP) is 2.46. The minimum Gasteiger partial charge on any atom is -0.378 e. The maximum Gasteiger partial charge on any atom is 0.222 e. The van der Waals surface area contributed by atoms with Crippen LogP contribution in [0.2, 0.25) is 0 Å². The van der Waals surface area contributed by atoms with E-state index in [2.05, 4.69) is 4.98 Å². The third-order valence-corrected chi connectivity index (χ3v) is 4.04. The zero-order chi connectivity index (χ0) is 15.8. The Morgan fingerprint density at radius 1 is 1.36 bits per heavy atom. The molecule has 1 fully saturated rings. The quantitative estimate of drug-likeness (QED) is 0.726. The standard InChI is InChI=1S/C17H24N2O3/c1-19(11-9-15-6-2-3-12-22-15)17(21)8-7-16(20)14-5-4-10-18-13-14/h4-5,10,13,15H,2-3,6-9,11-12H2,1H3. The van der Waals surface area contributed by atoms with Crippen LogP contribution in [0, 0.1) is 0 Å². The van der Waals surface area contributed by atoms with Crippen molar-refractivity contribution < 1.29 is 14.3 Å². The van der Waals surface area contributed by atoms with Gasteiger partial charge in [0.25, 0.3) is 0 Å². The molecule has 2 heterocycles. The first-order chi connectivity index (χ1) is 10.7. The van der Waals surface area contributed by atoms with Crippen LogP contribution < -0.4 is 0 Å². The third kappa shape index (κ3) is 5.22. The summed E-state index contributed by atoms with van der Waals surface area (Å²) in [5, 5.41) is 0. The van der Waals surface area contributed by atoms with Crippen molar-refractivity contribution >= 4 is 11.7 Å². The van der Waals surface area contributed by atoms with Crippen LogP contribution in [0.15, 0.2) is 24.5 Å². The summed E-state index contributed by atoms with van der Waals surface area (Å²) in [4.78, 5) is 29.6. The first-order valence-electron chi connectivity index (χ1n) is 7.95. The zero-order valence-electron chi connectivity index (χ0n) is 13.2. The Kier molecular flexibility index (Phi) is 6.52. The number of carbonyl (C=O) groups is 2. The van der Waals surface area contributed by atoms with Gasteiger partial charge in [-0.2, -0.15) is 0 Å². The van der Waals surface area contributed by atoms with Crippen LogP contribution in [0.1, 0.15) is 48.9 Å². The van der Waals surface area contributed by atoms with Gasteiger partial charge in [-0.3, -0.25) is 14.6 Å². The van der Waals surface area contributed by atoms with Crippen molar-refractivity contribution in [3.8, 4) is 0 Å². The molecule has 1 aromatic heterocycles. The molecule has 0 spiro atoms. The van der Waals surface area contributed by atoms with E-state index in [1.54, 1.807) is 30.3 Å². The van der Waals surface area contributed by atoms with Crippen molar-refractivity contribution in [3.63, 3.8) is 0 Å². The molecule has 1 aromatic rings. The van der Waals surface area contributed by atoms with Gasteiger partial charge >= 0.3 is 0 Å². The minimum absolute atomic E-state index is 0.00745. The summed E-state index contributed by atoms with van der Waals surface area (Å²) < 4.78 is 5.67. The summed E-state index contributed by atoms with van der Waals surface area (Å²) in [6.07, 6.45) is 8.23. The Morgan fingerprint density at radius 2 is 2.23 bits per heavy atom. The number of rotatable bonds is 7. The molecule has 0 N–H and O–H groups in total. The number of nitrogens with zero attached hydrogens (tertiary/aromatic N) is 2. The molecule has 5 nitrogen and oxygen atoms in total. The second-order valence-corrected chi connectivity index (χ2v) is 5.76. The fraction of sp³-hybridized carbons (Fsp3) is 0.588. The minimum atomic E-state index is -0.0366. The van der Waals surface area contributed by atoms with Crippen LogP contribution in [0.4, 0.5) is 0 Å². The van der Waals surface area contributed by atoms with Crippen molar-refractivity contribution in [2.45, 2.75) is 44.6 Å². The number of ketones is 1. The van der Waals surface area contributed by atoms with E-state index in [0.717, 1.165) is 25.9 Å². The Balaban J connectivity index is 1.68. The Labute approximate surface area is 131 Å². The third-order valence-electron chi connectivity index (χ3n) is 4.04. The van der Waals surface area contributed by atoms with Gasteiger partial charge in [0, 0.05) is 51.0 Å². The monoisotopic (exact) mass is 304 g/mol. The van der Waals surface area contributed by atoms with Gasteiger partial charge < -0.3 is 9.64 Å². The summed E-state index contributed by atoms with van der Waals surface area (Å²) in [5.74, 6) is -0.0292. The van der Waals surface area contributed by atoms with Gasteiger partial charge in [0.15, 0.2) is 5.78 Å². The van der Waals surface area contributed by atoms with Gasteiger partial charge in [0.2, 0.25) is 5.91 Å². The Hall–Kier alpha value is -1.75. The van der Waals surface area contributed by atoms with Crippen molar-refractivity contribution in [2.75, 3.05) is 20.2 Å². The molecule has 1 atom stereocenters. The highest BCUT2D eigenvalue weighted by molar-refractivity contribution is 5.97. The molecule has 1 unspecified atom stereocenters. The summed E-state index contributed by atoms with van der Waals surface area (Å²) in [5.41, 5.74) is 0.563. The van der Waals surface area contributed by atoms with Crippen LogP contribution in [0.25, 0.3) is 0 Å². The van der Waals surface area contributed by atoms with Gasteiger partial charge in [-0.25, -0.2) is 0 Å². The van der Waals surface area contributed by atoms with Crippen LogP contribution in [-0.4, -0.2) is 47.9 Å². The van der Waals surface area contributed by atoms with Crippen LogP contribution >= 0.6 is 0 Å². The van der Waals surface area contributed by atoms with Gasteiger partial charge in [-0.1, -0.05) is 0 Å². The first kappa shape index (κ1) is 16.6. The lowest BCUT2D eigenvalue weighted by atomic mass is 10.1. The molecule has 0 saturated carbocycles. The van der Waals surface area contributed by atoms with E-state index in [0.29, 0.717) is 12.1 Å². The van der Waals surface area contributed by atoms with Gasteiger partial charge in [-0.05, 0) is 37.8 Å². The highest BCUT2D eigenvalue weighted by atomic mass is 16.5. The fourth-order valence-electron chi connectivity index (χ4n) is 2.58. The number of hydrogen-bond donors (Lipinski definition) is 0. The average molecular weight is 304 g/mol. The van der Waals surface area contributed by atoms with Crippen molar-refractivity contribution in [1.29, 1.82) is 0 Å². The first-order valence-corrected chi connectivity index (χ1v) is 7.95. The summed E-state index contributed by atoms with van der Waals surface area (Å²) in [6.45, 7) is 1.52. The largest absolute Gasteiger partial charge is 0.378 e. The van der Waals surface area contributed by atoms with E-state index in [4.69, 9.17) is 4.74 Å². The van der Waals surface area contributed by atoms with E-state index in [1.807, 2.05) is 0 Å². The molecular weight excluding hydrogens is 280 g/mol. The molecule has 0 aliphatic carbocycles. The zero-order valence-corrected chi connectivity index (χ0v) is 13.2. The molecule has 0 aromatic carbocycles. The van der Waals surface area contributed by atoms with Gasteiger partial charge in [0.1, 0.15) is 0 Å². The van der Waals surface area contributed by atoms with Crippen LogP contribution in [-0.2, 0) is 9.53 Å². The summed E-state index contributed by atoms with van der Waals surface area (Å²) >= 11 is 0. The van der Waals surface area contributed by atoms with E-state index >= 15 is 0 Å². The number of ether oxygens (including phenoxy) is 1. The number of pyridine rings is 1. The van der Waals surface area contributed by atoms with E-state index < -0.39 is 0 Å². The van der Waals surface area contributed by atoms with E-state index in [9.17, 15) is 9.59 Å². The number of amides is 1. The lowest BCUT2D eigenvalue weighted by Crippen LogP contribution is -2.31. The van der Waals surface area contributed by atoms with Crippen LogP contribution in [0.3, 0.4) is 0 Å². The SMILES string of the molecule is CN(CCC1CCCCO1)C(=O)CCC(=O)c1cccnc1. The Morgan fingerprint density at radius 3 is 2.91 bits per heavy atom. The number of aromatic nitrogens is 1. The summed E-state index contributed by atoms with van der Waals surface area (Å²) in [7, 11) is 1.79. The molecule has 1 saturated heterocycles. The molecule has 1 amide bonds. The topological polar surface area (TPSA) is 59.5 Å². The van der Waals surface area contributed by atoms with E-state index in [-0.39, 0.29) is 30.6 Å². The lowest BCUT2D eigenvalue weighted by Gasteiger charge is -2.25. The normalized spacial score (nSPS) is 18.0. The molecule has 22 heavy (non-hydrogen) atoms. The molecule has 1 aliphatic rings. The highest BCUT2D eigenvalue weighted by Gasteiger charge is 2.17. The molecule has 5 heteroatoms. The molecule has 0 radical (unpaired) electrons.